The van der Waals surface area contributed by atoms with Gasteiger partial charge in [-0.1, -0.05) is 0 Å². The molecular weight excluding hydrogens is 284 g/mol. The number of carbonyl (C=O) groups excluding carboxylic acids is 2. The first-order valence-corrected chi connectivity index (χ1v) is 6.77. The zero-order valence-electron chi connectivity index (χ0n) is 12.4. The molecule has 0 radical (unpaired) electrons. The Kier molecular flexibility index (Phi) is 5.14. The Morgan fingerprint density at radius 2 is 1.27 bits per heavy atom. The van der Waals surface area contributed by atoms with Crippen LogP contribution in [0, 0.1) is 0 Å². The van der Waals surface area contributed by atoms with Crippen molar-refractivity contribution in [1.82, 2.24) is 0 Å². The largest absolute Gasteiger partial charge is 0.465 e. The fourth-order valence-corrected chi connectivity index (χ4v) is 1.79. The fraction of sp³-hybridized carbons (Fsp3) is 0.176. The summed E-state index contributed by atoms with van der Waals surface area (Å²) in [5.74, 6) is 0.400. The first kappa shape index (κ1) is 15.6. The van der Waals surface area contributed by atoms with E-state index < -0.39 is 5.97 Å². The second-order valence-electron chi connectivity index (χ2n) is 4.36. The van der Waals surface area contributed by atoms with Gasteiger partial charge in [-0.3, -0.25) is 0 Å². The van der Waals surface area contributed by atoms with Gasteiger partial charge in [0, 0.05) is 0 Å². The molecule has 0 fully saturated rings. The lowest BCUT2D eigenvalue weighted by Crippen LogP contribution is -2.04. The van der Waals surface area contributed by atoms with Gasteiger partial charge in [-0.2, -0.15) is 0 Å². The second kappa shape index (κ2) is 7.26. The average Bonchev–Trinajstić information content (AvgIpc) is 2.55. The molecule has 0 aromatic heterocycles. The van der Waals surface area contributed by atoms with E-state index in [9.17, 15) is 9.59 Å². The third kappa shape index (κ3) is 3.85. The molecule has 0 bridgehead atoms. The Bertz CT molecular complexity index is 644. The van der Waals surface area contributed by atoms with Crippen LogP contribution in [-0.2, 0) is 9.47 Å². The molecule has 0 spiro atoms. The van der Waals surface area contributed by atoms with Crippen molar-refractivity contribution >= 4 is 11.9 Å². The van der Waals surface area contributed by atoms with E-state index >= 15 is 0 Å². The van der Waals surface area contributed by atoms with E-state index in [4.69, 9.17) is 9.47 Å². The summed E-state index contributed by atoms with van der Waals surface area (Å²) in [6, 6.07) is 13.2. The van der Waals surface area contributed by atoms with E-state index in [2.05, 4.69) is 4.74 Å². The smallest absolute Gasteiger partial charge is 0.338 e. The number of hydrogen-bond donors (Lipinski definition) is 0. The molecule has 5 nitrogen and oxygen atoms in total. The highest BCUT2D eigenvalue weighted by molar-refractivity contribution is 5.90. The monoisotopic (exact) mass is 300 g/mol. The van der Waals surface area contributed by atoms with Gasteiger partial charge >= 0.3 is 11.9 Å². The number of methoxy groups -OCH3 is 1. The van der Waals surface area contributed by atoms with Gasteiger partial charge < -0.3 is 14.2 Å². The van der Waals surface area contributed by atoms with Crippen molar-refractivity contribution in [3.8, 4) is 11.5 Å². The summed E-state index contributed by atoms with van der Waals surface area (Å²) in [4.78, 5) is 22.9. The molecule has 0 unspecified atom stereocenters. The average molecular weight is 300 g/mol. The van der Waals surface area contributed by atoms with Crippen molar-refractivity contribution in [3.63, 3.8) is 0 Å². The molecule has 0 amide bonds. The molecule has 0 heterocycles. The zero-order chi connectivity index (χ0) is 15.9. The van der Waals surface area contributed by atoms with E-state index in [-0.39, 0.29) is 5.97 Å². The molecular formula is C17H16O5. The first-order valence-electron chi connectivity index (χ1n) is 6.77. The van der Waals surface area contributed by atoms with Crippen LogP contribution in [0.4, 0.5) is 0 Å². The number of carbonyl (C=O) groups is 2. The summed E-state index contributed by atoms with van der Waals surface area (Å²) >= 11 is 0. The number of rotatable bonds is 5. The molecule has 2 rings (SSSR count). The molecule has 0 saturated carbocycles. The lowest BCUT2D eigenvalue weighted by atomic mass is 10.2. The number of hydrogen-bond acceptors (Lipinski definition) is 5. The normalized spacial score (nSPS) is 9.91. The molecule has 2 aromatic carbocycles. The minimum atomic E-state index is -0.398. The summed E-state index contributed by atoms with van der Waals surface area (Å²) in [7, 11) is 1.33. The van der Waals surface area contributed by atoms with Crippen molar-refractivity contribution < 1.29 is 23.8 Å². The van der Waals surface area contributed by atoms with Crippen LogP contribution in [0.15, 0.2) is 48.5 Å². The molecule has 2 aromatic rings. The molecule has 114 valence electrons. The number of benzene rings is 2. The quantitative estimate of drug-likeness (QED) is 0.791. The van der Waals surface area contributed by atoms with Crippen molar-refractivity contribution in [2.75, 3.05) is 13.7 Å². The van der Waals surface area contributed by atoms with Crippen LogP contribution in [0.2, 0.25) is 0 Å². The van der Waals surface area contributed by atoms with Crippen LogP contribution in [0.3, 0.4) is 0 Å². The minimum absolute atomic E-state index is 0.337. The van der Waals surface area contributed by atoms with E-state index in [1.165, 1.54) is 7.11 Å². The highest BCUT2D eigenvalue weighted by Gasteiger charge is 2.07. The zero-order valence-corrected chi connectivity index (χ0v) is 12.4. The molecule has 0 aliphatic heterocycles. The third-order valence-corrected chi connectivity index (χ3v) is 2.88. The standard InChI is InChI=1S/C17H16O5/c1-3-21-17(19)13-6-10-15(11-7-13)22-14-8-4-12(5-9-14)16(18)20-2/h4-11H,3H2,1-2H3. The molecule has 22 heavy (non-hydrogen) atoms. The van der Waals surface area contributed by atoms with Gasteiger partial charge in [0.15, 0.2) is 0 Å². The van der Waals surface area contributed by atoms with Crippen LogP contribution in [0.5, 0.6) is 11.5 Å². The van der Waals surface area contributed by atoms with Crippen molar-refractivity contribution in [1.29, 1.82) is 0 Å². The summed E-state index contributed by atoms with van der Waals surface area (Å²) in [5, 5.41) is 0. The Morgan fingerprint density at radius 1 is 0.818 bits per heavy atom. The maximum atomic E-state index is 11.5. The van der Waals surface area contributed by atoms with Crippen molar-refractivity contribution in [2.24, 2.45) is 0 Å². The van der Waals surface area contributed by atoms with Crippen molar-refractivity contribution in [3.05, 3.63) is 59.7 Å². The van der Waals surface area contributed by atoms with Gasteiger partial charge in [-0.25, -0.2) is 9.59 Å². The van der Waals surface area contributed by atoms with Gasteiger partial charge in [-0.05, 0) is 55.5 Å². The summed E-state index contributed by atoms with van der Waals surface area (Å²) < 4.78 is 15.2. The Labute approximate surface area is 128 Å². The van der Waals surface area contributed by atoms with Gasteiger partial charge in [0.05, 0.1) is 24.8 Å². The maximum absolute atomic E-state index is 11.5. The van der Waals surface area contributed by atoms with Gasteiger partial charge in [0.25, 0.3) is 0 Å². The summed E-state index contributed by atoms with van der Waals surface area (Å²) in [5.41, 5.74) is 0.919. The highest BCUT2D eigenvalue weighted by atomic mass is 16.5. The molecule has 0 aliphatic rings. The SMILES string of the molecule is CCOC(=O)c1ccc(Oc2ccc(C(=O)OC)cc2)cc1. The fourth-order valence-electron chi connectivity index (χ4n) is 1.79. The van der Waals surface area contributed by atoms with Crippen LogP contribution >= 0.6 is 0 Å². The van der Waals surface area contributed by atoms with Crippen molar-refractivity contribution in [2.45, 2.75) is 6.92 Å². The maximum Gasteiger partial charge on any atom is 0.338 e. The van der Waals surface area contributed by atoms with Gasteiger partial charge in [0.1, 0.15) is 11.5 Å². The van der Waals surface area contributed by atoms with E-state index in [1.807, 2.05) is 0 Å². The van der Waals surface area contributed by atoms with Crippen LogP contribution in [-0.4, -0.2) is 25.7 Å². The van der Waals surface area contributed by atoms with Gasteiger partial charge in [-0.15, -0.1) is 0 Å². The summed E-state index contributed by atoms with van der Waals surface area (Å²) in [6.45, 7) is 2.09. The van der Waals surface area contributed by atoms with Crippen LogP contribution < -0.4 is 4.74 Å². The third-order valence-electron chi connectivity index (χ3n) is 2.88. The lowest BCUT2D eigenvalue weighted by molar-refractivity contribution is 0.0525. The Balaban J connectivity index is 2.04. The summed E-state index contributed by atoms with van der Waals surface area (Å²) in [6.07, 6.45) is 0. The topological polar surface area (TPSA) is 61.8 Å². The van der Waals surface area contributed by atoms with E-state index in [1.54, 1.807) is 55.5 Å². The minimum Gasteiger partial charge on any atom is -0.465 e. The predicted molar refractivity (Wildman–Crippen MR) is 80.3 cm³/mol. The van der Waals surface area contributed by atoms with Gasteiger partial charge in [0.2, 0.25) is 0 Å². The molecule has 0 aliphatic carbocycles. The predicted octanol–water partition coefficient (Wildman–Crippen LogP) is 3.44. The Hall–Kier alpha value is -2.82. The van der Waals surface area contributed by atoms with Crippen LogP contribution in [0.1, 0.15) is 27.6 Å². The second-order valence-corrected chi connectivity index (χ2v) is 4.36. The molecule has 0 saturated heterocycles. The first-order chi connectivity index (χ1) is 10.6. The highest BCUT2D eigenvalue weighted by Crippen LogP contribution is 2.22. The Morgan fingerprint density at radius 3 is 1.68 bits per heavy atom. The van der Waals surface area contributed by atoms with E-state index in [0.717, 1.165) is 0 Å². The molecule has 5 heteroatoms. The number of esters is 2. The molecule has 0 N–H and O–H groups in total. The van der Waals surface area contributed by atoms with E-state index in [0.29, 0.717) is 29.2 Å². The molecule has 0 atom stereocenters. The lowest BCUT2D eigenvalue weighted by Gasteiger charge is -2.07. The number of ether oxygens (including phenoxy) is 3. The van der Waals surface area contributed by atoms with Crippen LogP contribution in [0.25, 0.3) is 0 Å².